The fraction of sp³-hybridized carbons (Fsp3) is 0.133. The number of aliphatic carboxylic acids is 1. The summed E-state index contributed by atoms with van der Waals surface area (Å²) in [5.41, 5.74) is 3.04. The van der Waals surface area contributed by atoms with Gasteiger partial charge in [0.15, 0.2) is 0 Å². The van der Waals surface area contributed by atoms with Crippen molar-refractivity contribution in [3.8, 4) is 0 Å². The summed E-state index contributed by atoms with van der Waals surface area (Å²) < 4.78 is 2.12. The zero-order chi connectivity index (χ0) is 12.7. The molecule has 1 heterocycles. The number of para-hydroxylation sites is 1. The van der Waals surface area contributed by atoms with Crippen molar-refractivity contribution in [2.75, 3.05) is 0 Å². The molecular formula is C15H12NO2-. The van der Waals surface area contributed by atoms with E-state index in [9.17, 15) is 9.90 Å². The van der Waals surface area contributed by atoms with Gasteiger partial charge in [-0.3, -0.25) is 0 Å². The highest BCUT2D eigenvalue weighted by molar-refractivity contribution is 6.08. The van der Waals surface area contributed by atoms with Gasteiger partial charge in [-0.05, 0) is 23.8 Å². The highest BCUT2D eigenvalue weighted by Gasteiger charge is 2.07. The molecule has 0 aliphatic carbocycles. The largest absolute Gasteiger partial charge is 0.550 e. The number of hydrogen-bond donors (Lipinski definition) is 0. The van der Waals surface area contributed by atoms with Crippen molar-refractivity contribution >= 4 is 27.8 Å². The zero-order valence-corrected chi connectivity index (χ0v) is 10.0. The number of carboxylic acid groups (broad SMARTS) is 1. The van der Waals surface area contributed by atoms with Gasteiger partial charge in [-0.15, -0.1) is 0 Å². The molecule has 0 saturated carbocycles. The van der Waals surface area contributed by atoms with Gasteiger partial charge in [-0.2, -0.15) is 0 Å². The molecule has 0 N–H and O–H groups in total. The maximum absolute atomic E-state index is 10.7. The summed E-state index contributed by atoms with van der Waals surface area (Å²) in [6, 6.07) is 13.9. The second-order valence-corrected chi connectivity index (χ2v) is 4.48. The Balaban J connectivity index is 2.33. The number of rotatable bonds is 2. The molecule has 0 saturated heterocycles. The Morgan fingerprint density at radius 3 is 2.61 bits per heavy atom. The van der Waals surface area contributed by atoms with Crippen molar-refractivity contribution in [1.29, 1.82) is 0 Å². The minimum absolute atomic E-state index is 0.0425. The highest BCUT2D eigenvalue weighted by atomic mass is 16.4. The van der Waals surface area contributed by atoms with Crippen molar-refractivity contribution in [3.05, 3.63) is 48.0 Å². The van der Waals surface area contributed by atoms with Gasteiger partial charge in [0.1, 0.15) is 0 Å². The van der Waals surface area contributed by atoms with Crippen molar-refractivity contribution in [1.82, 2.24) is 4.57 Å². The predicted molar refractivity (Wildman–Crippen MR) is 69.1 cm³/mol. The van der Waals surface area contributed by atoms with E-state index in [-0.39, 0.29) is 6.42 Å². The van der Waals surface area contributed by atoms with Crippen LogP contribution in [0.25, 0.3) is 21.8 Å². The molecule has 0 aliphatic rings. The van der Waals surface area contributed by atoms with Gasteiger partial charge < -0.3 is 14.5 Å². The summed E-state index contributed by atoms with van der Waals surface area (Å²) in [6.07, 6.45) is -0.0425. The molecule has 0 radical (unpaired) electrons. The molecule has 90 valence electrons. The summed E-state index contributed by atoms with van der Waals surface area (Å²) in [5.74, 6) is -1.05. The number of aromatic nitrogens is 1. The predicted octanol–water partition coefficient (Wildman–Crippen LogP) is 1.62. The van der Waals surface area contributed by atoms with Gasteiger partial charge in [0, 0.05) is 41.2 Å². The molecule has 18 heavy (non-hydrogen) atoms. The number of fused-ring (bicyclic) bond motifs is 3. The Hall–Kier alpha value is -2.29. The number of benzene rings is 2. The molecule has 0 aliphatic heterocycles. The van der Waals surface area contributed by atoms with Gasteiger partial charge >= 0.3 is 0 Å². The monoisotopic (exact) mass is 238 g/mol. The zero-order valence-electron chi connectivity index (χ0n) is 10.0. The molecule has 0 amide bonds. The average molecular weight is 238 g/mol. The number of nitrogens with zero attached hydrogens (tertiary/aromatic N) is 1. The quantitative estimate of drug-likeness (QED) is 0.681. The van der Waals surface area contributed by atoms with Gasteiger partial charge in [0.25, 0.3) is 0 Å². The standard InChI is InChI=1S/C15H13NO2/c1-16-13-5-3-2-4-11(13)12-8-10(9-15(17)18)6-7-14(12)16/h2-8H,9H2,1H3,(H,17,18)/p-1. The molecule has 3 nitrogen and oxygen atoms in total. The van der Waals surface area contributed by atoms with E-state index in [2.05, 4.69) is 16.7 Å². The fourth-order valence-electron chi connectivity index (χ4n) is 2.49. The van der Waals surface area contributed by atoms with Gasteiger partial charge in [-0.25, -0.2) is 0 Å². The second kappa shape index (κ2) is 3.88. The molecule has 0 unspecified atom stereocenters. The van der Waals surface area contributed by atoms with Crippen LogP contribution in [0.15, 0.2) is 42.5 Å². The Labute approximate surface area is 104 Å². The SMILES string of the molecule is Cn1c2ccccc2c2cc(CC(=O)[O-])ccc21. The molecule has 3 rings (SSSR count). The first-order chi connectivity index (χ1) is 8.66. The number of aryl methyl sites for hydroxylation is 1. The molecular weight excluding hydrogens is 226 g/mol. The third-order valence-electron chi connectivity index (χ3n) is 3.33. The van der Waals surface area contributed by atoms with E-state index >= 15 is 0 Å². The summed E-state index contributed by atoms with van der Waals surface area (Å²) in [7, 11) is 2.02. The summed E-state index contributed by atoms with van der Waals surface area (Å²) >= 11 is 0. The second-order valence-electron chi connectivity index (χ2n) is 4.48. The van der Waals surface area contributed by atoms with Crippen LogP contribution in [-0.4, -0.2) is 10.5 Å². The Kier molecular flexibility index (Phi) is 2.33. The summed E-state index contributed by atoms with van der Waals surface area (Å²) in [4.78, 5) is 10.7. The van der Waals surface area contributed by atoms with Crippen molar-refractivity contribution in [2.45, 2.75) is 6.42 Å². The van der Waals surface area contributed by atoms with Crippen LogP contribution in [-0.2, 0) is 18.3 Å². The molecule has 3 heteroatoms. The van der Waals surface area contributed by atoms with Gasteiger partial charge in [0.2, 0.25) is 0 Å². The lowest BCUT2D eigenvalue weighted by molar-refractivity contribution is -0.304. The van der Waals surface area contributed by atoms with E-state index in [1.807, 2.05) is 37.4 Å². The number of carbonyl (C=O) groups is 1. The van der Waals surface area contributed by atoms with Crippen LogP contribution in [0.1, 0.15) is 5.56 Å². The summed E-state index contributed by atoms with van der Waals surface area (Å²) in [5, 5.41) is 12.9. The normalized spacial score (nSPS) is 11.2. The highest BCUT2D eigenvalue weighted by Crippen LogP contribution is 2.28. The van der Waals surface area contributed by atoms with Gasteiger partial charge in [0.05, 0.1) is 0 Å². The van der Waals surface area contributed by atoms with Crippen LogP contribution < -0.4 is 5.11 Å². The minimum Gasteiger partial charge on any atom is -0.550 e. The molecule has 0 spiro atoms. The van der Waals surface area contributed by atoms with E-state index in [1.165, 1.54) is 0 Å². The minimum atomic E-state index is -1.05. The lowest BCUT2D eigenvalue weighted by Gasteiger charge is -2.03. The van der Waals surface area contributed by atoms with Crippen LogP contribution >= 0.6 is 0 Å². The first-order valence-corrected chi connectivity index (χ1v) is 5.83. The van der Waals surface area contributed by atoms with Crippen LogP contribution in [0, 0.1) is 0 Å². The van der Waals surface area contributed by atoms with E-state index in [1.54, 1.807) is 0 Å². The molecule has 1 aromatic heterocycles. The Morgan fingerprint density at radius 1 is 1.11 bits per heavy atom. The number of carbonyl (C=O) groups excluding carboxylic acids is 1. The van der Waals surface area contributed by atoms with Gasteiger partial charge in [-0.1, -0.05) is 24.3 Å². The fourth-order valence-corrected chi connectivity index (χ4v) is 2.49. The van der Waals surface area contributed by atoms with Crippen LogP contribution in [0.3, 0.4) is 0 Å². The topological polar surface area (TPSA) is 45.1 Å². The third-order valence-corrected chi connectivity index (χ3v) is 3.33. The number of carboxylic acids is 1. The molecule has 2 aromatic carbocycles. The Bertz CT molecular complexity index is 756. The summed E-state index contributed by atoms with van der Waals surface area (Å²) in [6.45, 7) is 0. The van der Waals surface area contributed by atoms with E-state index < -0.39 is 5.97 Å². The maximum atomic E-state index is 10.7. The Morgan fingerprint density at radius 2 is 1.83 bits per heavy atom. The lowest BCUT2D eigenvalue weighted by atomic mass is 10.1. The first kappa shape index (κ1) is 10.8. The molecule has 0 bridgehead atoms. The van der Waals surface area contributed by atoms with Crippen molar-refractivity contribution in [2.24, 2.45) is 7.05 Å². The first-order valence-electron chi connectivity index (χ1n) is 5.83. The molecule has 0 atom stereocenters. The van der Waals surface area contributed by atoms with Crippen LogP contribution in [0.5, 0.6) is 0 Å². The van der Waals surface area contributed by atoms with Crippen LogP contribution in [0.2, 0.25) is 0 Å². The smallest absolute Gasteiger partial charge is 0.0488 e. The molecule has 3 aromatic rings. The third kappa shape index (κ3) is 1.56. The van der Waals surface area contributed by atoms with Crippen molar-refractivity contribution in [3.63, 3.8) is 0 Å². The van der Waals surface area contributed by atoms with E-state index in [0.29, 0.717) is 0 Å². The van der Waals surface area contributed by atoms with Crippen LogP contribution in [0.4, 0.5) is 0 Å². The average Bonchev–Trinajstić information content (AvgIpc) is 2.63. The van der Waals surface area contributed by atoms with Crippen molar-refractivity contribution < 1.29 is 9.90 Å². The number of hydrogen-bond acceptors (Lipinski definition) is 2. The van der Waals surface area contributed by atoms with E-state index in [0.717, 1.165) is 27.4 Å². The molecule has 0 fully saturated rings. The van der Waals surface area contributed by atoms with E-state index in [4.69, 9.17) is 0 Å². The maximum Gasteiger partial charge on any atom is 0.0488 e. The lowest BCUT2D eigenvalue weighted by Crippen LogP contribution is -2.24.